The Labute approximate surface area is 277 Å². The highest BCUT2D eigenvalue weighted by Gasteiger charge is 2.13. The van der Waals surface area contributed by atoms with E-state index in [0.717, 1.165) is 24.0 Å². The summed E-state index contributed by atoms with van der Waals surface area (Å²) < 4.78 is 38.1. The molecule has 0 aromatic heterocycles. The molecule has 10 nitrogen and oxygen atoms in total. The lowest BCUT2D eigenvalue weighted by molar-refractivity contribution is -0.150. The number of esters is 3. The summed E-state index contributed by atoms with van der Waals surface area (Å²) in [6.45, 7) is 10.1. The third-order valence-corrected chi connectivity index (χ3v) is 7.31. The van der Waals surface area contributed by atoms with Crippen LogP contribution in [0.3, 0.4) is 0 Å². The lowest BCUT2D eigenvalue weighted by atomic mass is 10.1. The molecule has 254 valence electrons. The fraction of sp³-hybridized carbons (Fsp3) is 0.432. The number of benzene rings is 3. The van der Waals surface area contributed by atoms with E-state index in [-0.39, 0.29) is 43.6 Å². The maximum atomic E-state index is 12.7. The van der Waals surface area contributed by atoms with E-state index in [1.165, 1.54) is 0 Å². The predicted octanol–water partition coefficient (Wildman–Crippen LogP) is 6.54. The largest absolute Gasteiger partial charge is 0.491 e. The minimum Gasteiger partial charge on any atom is -0.491 e. The van der Waals surface area contributed by atoms with Gasteiger partial charge in [-0.05, 0) is 72.5 Å². The molecular weight excluding hydrogens is 604 g/mol. The smallest absolute Gasteiger partial charge is 0.343 e. The lowest BCUT2D eigenvalue weighted by Gasteiger charge is -2.11. The van der Waals surface area contributed by atoms with Crippen molar-refractivity contribution >= 4 is 17.9 Å². The molecule has 0 radical (unpaired) electrons. The number of carbonyl (C=O) groups excluding carboxylic acids is 3. The highest BCUT2D eigenvalue weighted by atomic mass is 16.6. The Morgan fingerprint density at radius 2 is 0.894 bits per heavy atom. The van der Waals surface area contributed by atoms with E-state index in [0.29, 0.717) is 55.8 Å². The van der Waals surface area contributed by atoms with Crippen LogP contribution in [-0.2, 0) is 28.5 Å². The molecule has 0 N–H and O–H groups in total. The average Bonchev–Trinajstić information content (AvgIpc) is 3.10. The van der Waals surface area contributed by atoms with Crippen molar-refractivity contribution in [1.82, 2.24) is 0 Å². The van der Waals surface area contributed by atoms with Gasteiger partial charge in [0, 0.05) is 0 Å². The Morgan fingerprint density at radius 1 is 0.511 bits per heavy atom. The first-order chi connectivity index (χ1) is 22.8. The number of carbonyl (C=O) groups is 3. The van der Waals surface area contributed by atoms with E-state index in [2.05, 4.69) is 0 Å². The Bertz CT molecular complexity index is 1350. The van der Waals surface area contributed by atoms with Crippen LogP contribution < -0.4 is 14.2 Å². The zero-order valence-corrected chi connectivity index (χ0v) is 27.7. The van der Waals surface area contributed by atoms with Gasteiger partial charge in [0.05, 0.1) is 43.8 Å². The zero-order chi connectivity index (χ0) is 33.9. The van der Waals surface area contributed by atoms with Gasteiger partial charge in [-0.15, -0.1) is 0 Å². The molecule has 47 heavy (non-hydrogen) atoms. The van der Waals surface area contributed by atoms with Gasteiger partial charge in [-0.2, -0.15) is 0 Å². The van der Waals surface area contributed by atoms with Crippen LogP contribution in [0.1, 0.15) is 50.9 Å². The fourth-order valence-corrected chi connectivity index (χ4v) is 3.97. The van der Waals surface area contributed by atoms with E-state index in [4.69, 9.17) is 33.2 Å². The van der Waals surface area contributed by atoms with E-state index in [9.17, 15) is 14.4 Å². The number of ether oxygens (including phenoxy) is 7. The SMILES string of the molecule is CCC(C)C(=O)OCCOCCOCCOc1ccc(C(=O)Oc2ccc(-c3ccc(OCCOC(=O)C(C)CC)cc3)cc2)cc1. The average molecular weight is 651 g/mol. The molecule has 3 rings (SSSR count). The maximum absolute atomic E-state index is 12.7. The summed E-state index contributed by atoms with van der Waals surface area (Å²) in [5.74, 6) is 0.616. The van der Waals surface area contributed by atoms with Crippen molar-refractivity contribution in [3.05, 3.63) is 78.4 Å². The second-order valence-electron chi connectivity index (χ2n) is 10.8. The molecule has 3 aromatic carbocycles. The van der Waals surface area contributed by atoms with Crippen molar-refractivity contribution in [2.45, 2.75) is 40.5 Å². The van der Waals surface area contributed by atoms with Gasteiger partial charge in [0.25, 0.3) is 0 Å². The Morgan fingerprint density at radius 3 is 1.38 bits per heavy atom. The van der Waals surface area contributed by atoms with Crippen molar-refractivity contribution in [2.75, 3.05) is 52.9 Å². The van der Waals surface area contributed by atoms with Crippen LogP contribution in [0.25, 0.3) is 11.1 Å². The van der Waals surface area contributed by atoms with Crippen molar-refractivity contribution in [3.63, 3.8) is 0 Å². The summed E-state index contributed by atoms with van der Waals surface area (Å²) >= 11 is 0. The topological polar surface area (TPSA) is 116 Å². The molecule has 3 aromatic rings. The lowest BCUT2D eigenvalue weighted by Crippen LogP contribution is -2.18. The monoisotopic (exact) mass is 650 g/mol. The molecule has 0 saturated carbocycles. The van der Waals surface area contributed by atoms with Crippen molar-refractivity contribution in [3.8, 4) is 28.4 Å². The zero-order valence-electron chi connectivity index (χ0n) is 27.7. The molecule has 0 fully saturated rings. The van der Waals surface area contributed by atoms with Gasteiger partial charge in [0.1, 0.15) is 43.7 Å². The van der Waals surface area contributed by atoms with Gasteiger partial charge in [-0.25, -0.2) is 4.79 Å². The summed E-state index contributed by atoms with van der Waals surface area (Å²) in [4.78, 5) is 36.0. The number of rotatable bonds is 21. The molecular formula is C37H46O10. The van der Waals surface area contributed by atoms with Crippen LogP contribution in [-0.4, -0.2) is 70.8 Å². The Kier molecular flexibility index (Phi) is 16.3. The molecule has 2 unspecified atom stereocenters. The predicted molar refractivity (Wildman–Crippen MR) is 177 cm³/mol. The van der Waals surface area contributed by atoms with E-state index >= 15 is 0 Å². The van der Waals surface area contributed by atoms with Crippen LogP contribution in [0.2, 0.25) is 0 Å². The second-order valence-corrected chi connectivity index (χ2v) is 10.8. The molecule has 0 bridgehead atoms. The maximum Gasteiger partial charge on any atom is 0.343 e. The summed E-state index contributed by atoms with van der Waals surface area (Å²) in [7, 11) is 0. The molecule has 10 heteroatoms. The standard InChI is InChI=1S/C37H46O10/c1-5-27(3)35(38)45-24-22-42-20-19-41-21-23-43-33-15-11-31(12-16-33)37(40)47-34-17-9-30(10-18-34)29-7-13-32(14-8-29)44-25-26-46-36(39)28(4)6-2/h7-18,27-28H,5-6,19-26H2,1-4H3. The highest BCUT2D eigenvalue weighted by Crippen LogP contribution is 2.25. The minimum atomic E-state index is -0.474. The fourth-order valence-electron chi connectivity index (χ4n) is 3.97. The van der Waals surface area contributed by atoms with Crippen LogP contribution in [0.15, 0.2) is 72.8 Å². The summed E-state index contributed by atoms with van der Waals surface area (Å²) in [5.41, 5.74) is 2.33. The normalized spacial score (nSPS) is 12.1. The first-order valence-corrected chi connectivity index (χ1v) is 16.1. The first-order valence-electron chi connectivity index (χ1n) is 16.1. The summed E-state index contributed by atoms with van der Waals surface area (Å²) in [6.07, 6.45) is 1.50. The molecule has 0 aliphatic carbocycles. The Hall–Kier alpha value is -4.41. The number of hydrogen-bond acceptors (Lipinski definition) is 10. The van der Waals surface area contributed by atoms with Crippen LogP contribution in [0.4, 0.5) is 0 Å². The molecule has 0 aliphatic rings. The minimum absolute atomic E-state index is 0.0988. The quantitative estimate of drug-likeness (QED) is 0.0715. The van der Waals surface area contributed by atoms with Gasteiger partial charge in [-0.3, -0.25) is 9.59 Å². The molecule has 0 saturated heterocycles. The molecule has 0 spiro atoms. The van der Waals surface area contributed by atoms with Crippen LogP contribution >= 0.6 is 0 Å². The first kappa shape index (κ1) is 37.1. The number of hydrogen-bond donors (Lipinski definition) is 0. The van der Waals surface area contributed by atoms with E-state index < -0.39 is 5.97 Å². The van der Waals surface area contributed by atoms with Crippen LogP contribution in [0.5, 0.6) is 17.2 Å². The van der Waals surface area contributed by atoms with Crippen molar-refractivity contribution in [2.24, 2.45) is 11.8 Å². The van der Waals surface area contributed by atoms with Gasteiger partial charge < -0.3 is 33.2 Å². The molecule has 0 heterocycles. The van der Waals surface area contributed by atoms with Gasteiger partial charge in [0.2, 0.25) is 0 Å². The Balaban J connectivity index is 1.31. The second kappa shape index (κ2) is 20.7. The van der Waals surface area contributed by atoms with Crippen LogP contribution in [0, 0.1) is 11.8 Å². The summed E-state index contributed by atoms with van der Waals surface area (Å²) in [5, 5.41) is 0. The van der Waals surface area contributed by atoms with Crippen molar-refractivity contribution in [1.29, 1.82) is 0 Å². The third kappa shape index (κ3) is 13.5. The molecule has 0 amide bonds. The van der Waals surface area contributed by atoms with Gasteiger partial charge >= 0.3 is 17.9 Å². The summed E-state index contributed by atoms with van der Waals surface area (Å²) in [6, 6.07) is 21.5. The van der Waals surface area contributed by atoms with E-state index in [1.807, 2.05) is 64.1 Å². The van der Waals surface area contributed by atoms with E-state index in [1.54, 1.807) is 36.4 Å². The van der Waals surface area contributed by atoms with Gasteiger partial charge in [0.15, 0.2) is 0 Å². The van der Waals surface area contributed by atoms with Crippen molar-refractivity contribution < 1.29 is 47.5 Å². The van der Waals surface area contributed by atoms with Gasteiger partial charge in [-0.1, -0.05) is 52.0 Å². The molecule has 0 aliphatic heterocycles. The molecule has 2 atom stereocenters. The third-order valence-electron chi connectivity index (χ3n) is 7.31. The highest BCUT2D eigenvalue weighted by molar-refractivity contribution is 5.91.